The highest BCUT2D eigenvalue weighted by Gasteiger charge is 2.35. The summed E-state index contributed by atoms with van der Waals surface area (Å²) >= 11 is 29.6. The Morgan fingerprint density at radius 2 is 1.64 bits per heavy atom. The lowest BCUT2D eigenvalue weighted by atomic mass is 10.2. The van der Waals surface area contributed by atoms with Gasteiger partial charge in [0.2, 0.25) is 3.79 Å². The Kier molecular flexibility index (Phi) is 7.97. The molecule has 0 fully saturated rings. The van der Waals surface area contributed by atoms with Gasteiger partial charge in [-0.1, -0.05) is 76.7 Å². The molecular weight excluding hydrogens is 528 g/mol. The van der Waals surface area contributed by atoms with E-state index in [0.29, 0.717) is 11.4 Å². The van der Waals surface area contributed by atoms with E-state index in [9.17, 15) is 9.59 Å². The van der Waals surface area contributed by atoms with E-state index in [-0.39, 0.29) is 26.9 Å². The van der Waals surface area contributed by atoms with Crippen LogP contribution in [-0.2, 0) is 7.05 Å². The standard InChI is InChI=1S/C21H19Cl4N5O2S/c1-12-16(18(32)30(29(12)2)13-8-4-3-5-9-13)26-20(33)28-19(21(23,24)25)27-17(31)14-10-6-7-11-15(14)22/h3-11,19H,1-2H3,(H,27,31)(H2,26,28,33)/t19-/m0/s1. The van der Waals surface area contributed by atoms with Crippen LogP contribution in [-0.4, -0.2) is 30.3 Å². The number of aromatic nitrogens is 2. The largest absolute Gasteiger partial charge is 0.339 e. The predicted octanol–water partition coefficient (Wildman–Crippen LogP) is 4.55. The summed E-state index contributed by atoms with van der Waals surface area (Å²) < 4.78 is 1.21. The summed E-state index contributed by atoms with van der Waals surface area (Å²) in [4.78, 5) is 25.7. The molecule has 2 aromatic carbocycles. The van der Waals surface area contributed by atoms with E-state index in [1.165, 1.54) is 10.7 Å². The van der Waals surface area contributed by atoms with Gasteiger partial charge in [0.15, 0.2) is 5.11 Å². The third-order valence-corrected chi connectivity index (χ3v) is 5.99. The zero-order valence-corrected chi connectivity index (χ0v) is 21.2. The number of hydrogen-bond acceptors (Lipinski definition) is 3. The van der Waals surface area contributed by atoms with Gasteiger partial charge in [0.05, 0.1) is 22.0 Å². The SMILES string of the molecule is Cc1c(NC(=S)N[C@H](NC(=O)c2ccccc2Cl)C(Cl)(Cl)Cl)c(=O)n(-c2ccccc2)n1C. The minimum absolute atomic E-state index is 0.0307. The molecule has 1 amide bonds. The first-order chi connectivity index (χ1) is 15.5. The molecule has 33 heavy (non-hydrogen) atoms. The number of halogens is 4. The summed E-state index contributed by atoms with van der Waals surface area (Å²) in [5, 5.41) is 8.35. The van der Waals surface area contributed by atoms with E-state index in [1.807, 2.05) is 30.3 Å². The number of hydrogen-bond donors (Lipinski definition) is 3. The molecule has 3 rings (SSSR count). The van der Waals surface area contributed by atoms with Gasteiger partial charge in [0.1, 0.15) is 11.9 Å². The van der Waals surface area contributed by atoms with Crippen LogP contribution in [0.2, 0.25) is 5.02 Å². The second kappa shape index (κ2) is 10.4. The lowest BCUT2D eigenvalue weighted by Gasteiger charge is -2.27. The molecule has 0 aliphatic heterocycles. The Balaban J connectivity index is 1.81. The van der Waals surface area contributed by atoms with Crippen molar-refractivity contribution in [2.75, 3.05) is 5.32 Å². The normalized spacial score (nSPS) is 12.2. The van der Waals surface area contributed by atoms with E-state index in [2.05, 4.69) is 16.0 Å². The second-order valence-corrected chi connectivity index (χ2v) is 10.1. The fourth-order valence-corrected chi connectivity index (χ4v) is 3.82. The number of thiocarbonyl (C=S) groups is 1. The predicted molar refractivity (Wildman–Crippen MR) is 138 cm³/mol. The number of nitrogens with zero attached hydrogens (tertiary/aromatic N) is 2. The number of para-hydroxylation sites is 1. The minimum Gasteiger partial charge on any atom is -0.339 e. The van der Waals surface area contributed by atoms with E-state index in [0.717, 1.165) is 0 Å². The zero-order valence-electron chi connectivity index (χ0n) is 17.4. The maximum atomic E-state index is 13.1. The van der Waals surface area contributed by atoms with Crippen LogP contribution < -0.4 is 21.5 Å². The molecule has 3 N–H and O–H groups in total. The van der Waals surface area contributed by atoms with Gasteiger partial charge in [0, 0.05) is 7.05 Å². The molecule has 0 saturated heterocycles. The van der Waals surface area contributed by atoms with Crippen LogP contribution in [0.5, 0.6) is 0 Å². The average molecular weight is 547 g/mol. The van der Waals surface area contributed by atoms with Crippen LogP contribution in [0.3, 0.4) is 0 Å². The summed E-state index contributed by atoms with van der Waals surface area (Å²) in [5.41, 5.74) is 1.42. The van der Waals surface area contributed by atoms with Crippen molar-refractivity contribution in [3.05, 3.63) is 81.2 Å². The highest BCUT2D eigenvalue weighted by molar-refractivity contribution is 7.80. The van der Waals surface area contributed by atoms with Crippen molar-refractivity contribution < 1.29 is 4.79 Å². The van der Waals surface area contributed by atoms with Gasteiger partial charge in [0.25, 0.3) is 11.5 Å². The molecule has 0 aliphatic carbocycles. The molecule has 1 atom stereocenters. The molecule has 7 nitrogen and oxygen atoms in total. The minimum atomic E-state index is -1.97. The molecule has 0 spiro atoms. The average Bonchev–Trinajstić information content (AvgIpc) is 2.96. The lowest BCUT2D eigenvalue weighted by molar-refractivity contribution is 0.0934. The maximum absolute atomic E-state index is 13.1. The lowest BCUT2D eigenvalue weighted by Crippen LogP contribution is -2.56. The second-order valence-electron chi connectivity index (χ2n) is 6.96. The van der Waals surface area contributed by atoms with Crippen molar-refractivity contribution in [3.63, 3.8) is 0 Å². The molecule has 0 bridgehead atoms. The van der Waals surface area contributed by atoms with Gasteiger partial charge in [-0.3, -0.25) is 14.3 Å². The van der Waals surface area contributed by atoms with Crippen molar-refractivity contribution in [2.24, 2.45) is 7.05 Å². The van der Waals surface area contributed by atoms with Gasteiger partial charge >= 0.3 is 0 Å². The van der Waals surface area contributed by atoms with Crippen LogP contribution in [0.1, 0.15) is 16.1 Å². The maximum Gasteiger partial charge on any atom is 0.295 e. The summed E-state index contributed by atoms with van der Waals surface area (Å²) in [6.07, 6.45) is -1.23. The van der Waals surface area contributed by atoms with Crippen molar-refractivity contribution in [1.82, 2.24) is 20.0 Å². The van der Waals surface area contributed by atoms with Gasteiger partial charge in [-0.25, -0.2) is 4.68 Å². The Bertz CT molecular complexity index is 1240. The Morgan fingerprint density at radius 1 is 1.03 bits per heavy atom. The summed E-state index contributed by atoms with van der Waals surface area (Å²) in [6.45, 7) is 1.76. The third kappa shape index (κ3) is 5.83. The van der Waals surface area contributed by atoms with Crippen molar-refractivity contribution in [3.8, 4) is 5.69 Å². The third-order valence-electron chi connectivity index (χ3n) is 4.79. The van der Waals surface area contributed by atoms with Gasteiger partial charge < -0.3 is 16.0 Å². The van der Waals surface area contributed by atoms with Gasteiger partial charge in [-0.15, -0.1) is 0 Å². The Morgan fingerprint density at radius 3 is 2.24 bits per heavy atom. The highest BCUT2D eigenvalue weighted by Crippen LogP contribution is 2.29. The molecule has 3 aromatic rings. The van der Waals surface area contributed by atoms with E-state index in [4.69, 9.17) is 58.6 Å². The molecule has 1 aromatic heterocycles. The number of amides is 1. The van der Waals surface area contributed by atoms with E-state index < -0.39 is 15.9 Å². The van der Waals surface area contributed by atoms with Gasteiger partial charge in [-0.2, -0.15) is 0 Å². The molecule has 12 heteroatoms. The first-order valence-corrected chi connectivity index (χ1v) is 11.5. The summed E-state index contributed by atoms with van der Waals surface area (Å²) in [7, 11) is 1.75. The number of alkyl halides is 3. The summed E-state index contributed by atoms with van der Waals surface area (Å²) in [6, 6.07) is 15.6. The highest BCUT2D eigenvalue weighted by atomic mass is 35.6. The van der Waals surface area contributed by atoms with Crippen molar-refractivity contribution in [2.45, 2.75) is 16.9 Å². The van der Waals surface area contributed by atoms with Crippen LogP contribution >= 0.6 is 58.6 Å². The van der Waals surface area contributed by atoms with Crippen LogP contribution in [0.4, 0.5) is 5.69 Å². The number of rotatable bonds is 5. The molecule has 174 valence electrons. The Hall–Kier alpha value is -2.23. The fraction of sp³-hybridized carbons (Fsp3) is 0.190. The van der Waals surface area contributed by atoms with Crippen molar-refractivity contribution in [1.29, 1.82) is 0 Å². The molecule has 0 aliphatic rings. The number of carbonyl (C=O) groups excluding carboxylic acids is 1. The van der Waals surface area contributed by atoms with Crippen LogP contribution in [0, 0.1) is 6.92 Å². The molecule has 1 heterocycles. The molecule has 0 unspecified atom stereocenters. The van der Waals surface area contributed by atoms with Crippen LogP contribution in [0.15, 0.2) is 59.4 Å². The first kappa shape index (κ1) is 25.4. The van der Waals surface area contributed by atoms with E-state index in [1.54, 1.807) is 36.9 Å². The fourth-order valence-electron chi connectivity index (χ4n) is 3.05. The first-order valence-electron chi connectivity index (χ1n) is 9.54. The smallest absolute Gasteiger partial charge is 0.295 e. The number of nitrogens with one attached hydrogen (secondary N) is 3. The molecular formula is C21H19Cl4N5O2S. The zero-order chi connectivity index (χ0) is 24.3. The summed E-state index contributed by atoms with van der Waals surface area (Å²) in [5.74, 6) is -0.574. The monoisotopic (exact) mass is 545 g/mol. The molecule has 0 saturated carbocycles. The van der Waals surface area contributed by atoms with Crippen LogP contribution in [0.25, 0.3) is 5.69 Å². The number of benzene rings is 2. The quantitative estimate of drug-likeness (QED) is 0.248. The van der Waals surface area contributed by atoms with E-state index >= 15 is 0 Å². The number of carbonyl (C=O) groups is 1. The topological polar surface area (TPSA) is 80.1 Å². The Labute approximate surface area is 215 Å². The molecule has 0 radical (unpaired) electrons. The van der Waals surface area contributed by atoms with Gasteiger partial charge in [-0.05, 0) is 43.4 Å². The number of anilines is 1. The van der Waals surface area contributed by atoms with Crippen molar-refractivity contribution >= 4 is 75.3 Å².